The van der Waals surface area contributed by atoms with E-state index in [9.17, 15) is 4.39 Å². The van der Waals surface area contributed by atoms with Crippen LogP contribution in [0.5, 0.6) is 0 Å². The summed E-state index contributed by atoms with van der Waals surface area (Å²) in [6.07, 6.45) is 6.40. The van der Waals surface area contributed by atoms with Gasteiger partial charge in [-0.2, -0.15) is 5.10 Å². The molecule has 37 heavy (non-hydrogen) atoms. The Labute approximate surface area is 217 Å². The van der Waals surface area contributed by atoms with Gasteiger partial charge in [0.2, 0.25) is 0 Å². The van der Waals surface area contributed by atoms with Crippen molar-refractivity contribution in [3.05, 3.63) is 132 Å². The van der Waals surface area contributed by atoms with Gasteiger partial charge in [-0.15, -0.1) is 0 Å². The predicted molar refractivity (Wildman–Crippen MR) is 145 cm³/mol. The topological polar surface area (TPSA) is 39.9 Å². The lowest BCUT2D eigenvalue weighted by molar-refractivity contribution is 0.111. The van der Waals surface area contributed by atoms with Crippen molar-refractivity contribution >= 4 is 0 Å². The molecular formula is C32H30FN3O. The number of nitrogens with zero attached hydrogens (tertiary/aromatic N) is 3. The van der Waals surface area contributed by atoms with Crippen molar-refractivity contribution in [1.82, 2.24) is 14.8 Å². The van der Waals surface area contributed by atoms with Crippen LogP contribution in [0.25, 0.3) is 22.4 Å². The van der Waals surface area contributed by atoms with Crippen LogP contribution in [0, 0.1) is 5.82 Å². The van der Waals surface area contributed by atoms with Crippen molar-refractivity contribution < 1.29 is 9.13 Å². The Morgan fingerprint density at radius 3 is 2.08 bits per heavy atom. The molecule has 0 aliphatic rings. The zero-order valence-corrected chi connectivity index (χ0v) is 20.8. The number of aromatic nitrogens is 3. The van der Waals surface area contributed by atoms with Crippen LogP contribution in [0.2, 0.25) is 0 Å². The molecule has 5 rings (SSSR count). The van der Waals surface area contributed by atoms with Crippen LogP contribution in [-0.2, 0) is 30.7 Å². The highest BCUT2D eigenvalue weighted by molar-refractivity contribution is 5.83. The molecule has 4 nitrogen and oxygen atoms in total. The molecule has 0 unspecified atom stereocenters. The van der Waals surface area contributed by atoms with Gasteiger partial charge in [-0.3, -0.25) is 9.67 Å². The van der Waals surface area contributed by atoms with Crippen molar-refractivity contribution in [1.29, 1.82) is 0 Å². The number of aryl methyl sites for hydroxylation is 2. The van der Waals surface area contributed by atoms with Crippen molar-refractivity contribution in [2.45, 2.75) is 32.4 Å². The van der Waals surface area contributed by atoms with Crippen LogP contribution in [0.1, 0.15) is 23.2 Å². The summed E-state index contributed by atoms with van der Waals surface area (Å²) in [5.41, 5.74) is 7.53. The Morgan fingerprint density at radius 1 is 0.703 bits per heavy atom. The second kappa shape index (κ2) is 12.2. The SMILES string of the molecule is Fc1ccc(-c2c(-c3ccncc3)c(CCCc3ccccc3)nn2CCOCc2ccccc2)cc1. The molecule has 0 radical (unpaired) electrons. The van der Waals surface area contributed by atoms with Crippen molar-refractivity contribution in [2.75, 3.05) is 6.61 Å². The minimum absolute atomic E-state index is 0.255. The summed E-state index contributed by atoms with van der Waals surface area (Å²) in [5.74, 6) is -0.255. The summed E-state index contributed by atoms with van der Waals surface area (Å²) in [6, 6.07) is 31.4. The molecular weight excluding hydrogens is 461 g/mol. The fourth-order valence-corrected chi connectivity index (χ4v) is 4.59. The summed E-state index contributed by atoms with van der Waals surface area (Å²) in [6.45, 7) is 1.66. The number of halogens is 1. The lowest BCUT2D eigenvalue weighted by atomic mass is 9.96. The average molecular weight is 492 g/mol. The quantitative estimate of drug-likeness (QED) is 0.184. The molecule has 3 aromatic carbocycles. The largest absolute Gasteiger partial charge is 0.375 e. The van der Waals surface area contributed by atoms with E-state index in [2.05, 4.69) is 41.4 Å². The van der Waals surface area contributed by atoms with Crippen molar-refractivity contribution in [3.63, 3.8) is 0 Å². The third-order valence-electron chi connectivity index (χ3n) is 6.39. The van der Waals surface area contributed by atoms with Gasteiger partial charge in [0.25, 0.3) is 0 Å². The van der Waals surface area contributed by atoms with Crippen molar-refractivity contribution in [2.24, 2.45) is 0 Å². The molecule has 0 spiro atoms. The third kappa shape index (κ3) is 6.38. The Bertz CT molecular complexity index is 1390. The van der Waals surface area contributed by atoms with E-state index in [1.165, 1.54) is 17.7 Å². The number of benzene rings is 3. The summed E-state index contributed by atoms with van der Waals surface area (Å²) in [7, 11) is 0. The molecule has 5 aromatic rings. The molecule has 0 saturated heterocycles. The zero-order valence-electron chi connectivity index (χ0n) is 20.8. The van der Waals surface area contributed by atoms with Crippen LogP contribution in [-0.4, -0.2) is 21.4 Å². The van der Waals surface area contributed by atoms with E-state index in [-0.39, 0.29) is 5.82 Å². The Balaban J connectivity index is 1.45. The van der Waals surface area contributed by atoms with Gasteiger partial charge in [0, 0.05) is 23.5 Å². The van der Waals surface area contributed by atoms with E-state index in [0.29, 0.717) is 19.8 Å². The highest BCUT2D eigenvalue weighted by atomic mass is 19.1. The normalized spacial score (nSPS) is 11.1. The molecule has 0 bridgehead atoms. The lowest BCUT2D eigenvalue weighted by Gasteiger charge is -2.11. The van der Waals surface area contributed by atoms with Crippen molar-refractivity contribution in [3.8, 4) is 22.4 Å². The van der Waals surface area contributed by atoms with E-state index in [1.807, 2.05) is 53.2 Å². The van der Waals surface area contributed by atoms with E-state index in [4.69, 9.17) is 9.84 Å². The van der Waals surface area contributed by atoms with Gasteiger partial charge < -0.3 is 4.74 Å². The minimum atomic E-state index is -0.255. The predicted octanol–water partition coefficient (Wildman–Crippen LogP) is 7.14. The van der Waals surface area contributed by atoms with Crippen LogP contribution >= 0.6 is 0 Å². The lowest BCUT2D eigenvalue weighted by Crippen LogP contribution is -2.09. The molecule has 0 fully saturated rings. The first-order valence-corrected chi connectivity index (χ1v) is 12.7. The Morgan fingerprint density at radius 2 is 1.38 bits per heavy atom. The van der Waals surface area contributed by atoms with E-state index in [1.54, 1.807) is 12.4 Å². The Kier molecular flexibility index (Phi) is 8.14. The molecule has 2 aromatic heterocycles. The molecule has 0 aliphatic carbocycles. The number of hydrogen-bond donors (Lipinski definition) is 0. The summed E-state index contributed by atoms with van der Waals surface area (Å²) >= 11 is 0. The van der Waals surface area contributed by atoms with Gasteiger partial charge >= 0.3 is 0 Å². The van der Waals surface area contributed by atoms with Crippen LogP contribution < -0.4 is 0 Å². The highest BCUT2D eigenvalue weighted by Gasteiger charge is 2.21. The van der Waals surface area contributed by atoms with Crippen LogP contribution in [0.4, 0.5) is 4.39 Å². The van der Waals surface area contributed by atoms with Crippen LogP contribution in [0.15, 0.2) is 109 Å². The van der Waals surface area contributed by atoms with E-state index >= 15 is 0 Å². The molecule has 2 heterocycles. The molecule has 186 valence electrons. The van der Waals surface area contributed by atoms with Gasteiger partial charge in [0.1, 0.15) is 5.82 Å². The maximum Gasteiger partial charge on any atom is 0.123 e. The first-order valence-electron chi connectivity index (χ1n) is 12.7. The summed E-state index contributed by atoms with van der Waals surface area (Å²) < 4.78 is 21.8. The number of rotatable bonds is 11. The number of pyridine rings is 1. The van der Waals surface area contributed by atoms with E-state index in [0.717, 1.165) is 52.9 Å². The van der Waals surface area contributed by atoms with Gasteiger partial charge in [-0.25, -0.2) is 4.39 Å². The second-order valence-electron chi connectivity index (χ2n) is 9.01. The first kappa shape index (κ1) is 24.6. The standard InChI is InChI=1S/C32H30FN3O/c33-29-16-14-28(15-17-29)32-31(27-18-20-34-21-19-27)30(13-7-12-25-8-3-1-4-9-25)35-36(32)22-23-37-24-26-10-5-2-6-11-26/h1-6,8-11,14-21H,7,12-13,22-24H2. The molecule has 5 heteroatoms. The van der Waals surface area contributed by atoms with E-state index < -0.39 is 0 Å². The van der Waals surface area contributed by atoms with Gasteiger partial charge in [-0.05, 0) is 72.4 Å². The van der Waals surface area contributed by atoms with Gasteiger partial charge in [0.05, 0.1) is 31.1 Å². The first-order chi connectivity index (χ1) is 18.3. The maximum atomic E-state index is 13.8. The zero-order chi connectivity index (χ0) is 25.3. The number of ether oxygens (including phenoxy) is 1. The summed E-state index contributed by atoms with van der Waals surface area (Å²) in [4.78, 5) is 4.22. The second-order valence-corrected chi connectivity index (χ2v) is 9.01. The van der Waals surface area contributed by atoms with Gasteiger partial charge in [-0.1, -0.05) is 60.7 Å². The monoisotopic (exact) mass is 491 g/mol. The average Bonchev–Trinajstić information content (AvgIpc) is 3.31. The maximum absolute atomic E-state index is 13.8. The molecule has 0 saturated carbocycles. The molecule has 0 amide bonds. The molecule has 0 N–H and O–H groups in total. The fourth-order valence-electron chi connectivity index (χ4n) is 4.59. The minimum Gasteiger partial charge on any atom is -0.375 e. The smallest absolute Gasteiger partial charge is 0.123 e. The highest BCUT2D eigenvalue weighted by Crippen LogP contribution is 2.36. The Hall–Kier alpha value is -4.09. The fraction of sp³-hybridized carbons (Fsp3) is 0.188. The van der Waals surface area contributed by atoms with Crippen LogP contribution in [0.3, 0.4) is 0 Å². The number of hydrogen-bond acceptors (Lipinski definition) is 3. The summed E-state index contributed by atoms with van der Waals surface area (Å²) in [5, 5.41) is 5.08. The molecule has 0 aliphatic heterocycles. The van der Waals surface area contributed by atoms with Gasteiger partial charge in [0.15, 0.2) is 0 Å². The molecule has 0 atom stereocenters. The third-order valence-corrected chi connectivity index (χ3v) is 6.39.